The highest BCUT2D eigenvalue weighted by atomic mass is 15.3. The molecular weight excluding hydrogens is 362 g/mol. The van der Waals surface area contributed by atoms with Crippen LogP contribution in [-0.4, -0.2) is 63.9 Å². The monoisotopic (exact) mass is 395 g/mol. The highest BCUT2D eigenvalue weighted by molar-refractivity contribution is 5.51. The van der Waals surface area contributed by atoms with Crippen molar-refractivity contribution < 1.29 is 0 Å². The first-order valence-electron chi connectivity index (χ1n) is 11.2. The molecule has 1 saturated heterocycles. The number of likely N-dealkylation sites (tertiary alicyclic amines) is 1. The van der Waals surface area contributed by atoms with E-state index in [4.69, 9.17) is 5.10 Å². The van der Waals surface area contributed by atoms with Crippen molar-refractivity contribution in [1.29, 1.82) is 0 Å². The molecule has 1 saturated carbocycles. The molecule has 1 aliphatic carbocycles. The van der Waals surface area contributed by atoms with Crippen LogP contribution in [0.25, 0.3) is 0 Å². The summed E-state index contributed by atoms with van der Waals surface area (Å²) in [7, 11) is 4.08. The topological polar surface area (TPSA) is 53.3 Å². The lowest BCUT2D eigenvalue weighted by molar-refractivity contribution is 0.198. The molecule has 0 radical (unpaired) electrons. The van der Waals surface area contributed by atoms with Gasteiger partial charge in [0, 0.05) is 64.1 Å². The first-order valence-corrected chi connectivity index (χ1v) is 11.2. The Morgan fingerprint density at radius 2 is 1.69 bits per heavy atom. The van der Waals surface area contributed by atoms with Crippen LogP contribution in [0.3, 0.4) is 0 Å². The van der Waals surface area contributed by atoms with Gasteiger partial charge in [0.15, 0.2) is 0 Å². The van der Waals surface area contributed by atoms with Crippen LogP contribution in [0.4, 0.5) is 11.6 Å². The summed E-state index contributed by atoms with van der Waals surface area (Å²) in [5, 5.41) is 4.85. The van der Waals surface area contributed by atoms with E-state index in [0.717, 1.165) is 37.8 Å². The van der Waals surface area contributed by atoms with E-state index >= 15 is 0 Å². The van der Waals surface area contributed by atoms with Gasteiger partial charge < -0.3 is 9.80 Å². The number of anilines is 2. The Labute approximate surface area is 173 Å². The summed E-state index contributed by atoms with van der Waals surface area (Å²) in [6.45, 7) is 4.37. The van der Waals surface area contributed by atoms with Gasteiger partial charge >= 0.3 is 0 Å². The molecule has 5 rings (SSSR count). The lowest BCUT2D eigenvalue weighted by Gasteiger charge is -2.39. The van der Waals surface area contributed by atoms with Crippen LogP contribution in [0.15, 0.2) is 18.5 Å². The molecule has 0 spiro atoms. The number of piperidine rings is 1. The maximum Gasteiger partial charge on any atom is 0.134 e. The fraction of sp³-hybridized carbons (Fsp3) is 0.682. The molecule has 0 aromatic carbocycles. The summed E-state index contributed by atoms with van der Waals surface area (Å²) in [5.74, 6) is 2.09. The first kappa shape index (κ1) is 18.9. The Morgan fingerprint density at radius 3 is 2.41 bits per heavy atom. The van der Waals surface area contributed by atoms with E-state index in [-0.39, 0.29) is 0 Å². The highest BCUT2D eigenvalue weighted by Gasteiger charge is 2.36. The van der Waals surface area contributed by atoms with Gasteiger partial charge in [-0.1, -0.05) is 0 Å². The molecule has 3 aliphatic rings. The third-order valence-electron chi connectivity index (χ3n) is 6.60. The first-order chi connectivity index (χ1) is 14.2. The Kier molecular flexibility index (Phi) is 5.16. The molecule has 0 N–H and O–H groups in total. The summed E-state index contributed by atoms with van der Waals surface area (Å²) in [4.78, 5) is 16.3. The van der Waals surface area contributed by atoms with Gasteiger partial charge in [0.1, 0.15) is 18.0 Å². The van der Waals surface area contributed by atoms with Crippen LogP contribution in [0.1, 0.15) is 49.9 Å². The fourth-order valence-electron chi connectivity index (χ4n) is 4.89. The highest BCUT2D eigenvalue weighted by Crippen LogP contribution is 2.36. The maximum absolute atomic E-state index is 4.85. The normalized spacial score (nSPS) is 20.5. The molecule has 0 bridgehead atoms. The number of aromatic nitrogens is 4. The number of nitrogens with zero attached hydrogens (tertiary/aromatic N) is 7. The summed E-state index contributed by atoms with van der Waals surface area (Å²) in [6.07, 6.45) is 10.5. The molecule has 7 heteroatoms. The molecular formula is C22H33N7. The van der Waals surface area contributed by atoms with Gasteiger partial charge in [-0.25, -0.2) is 9.97 Å². The second kappa shape index (κ2) is 7.94. The van der Waals surface area contributed by atoms with Gasteiger partial charge in [-0.15, -0.1) is 0 Å². The molecule has 2 aromatic heterocycles. The standard InChI is InChI=1S/C22H33N7/c1-26(2)21-14-22(24-16-23-21)29(18-6-7-18)19-8-11-27(12-9-19)15-17-13-20-5-3-4-10-28(20)25-17/h13-14,16,18-19H,3-12,15H2,1-2H3. The van der Waals surface area contributed by atoms with Crippen molar-refractivity contribution in [1.82, 2.24) is 24.6 Å². The minimum atomic E-state index is 0.582. The number of rotatable bonds is 6. The van der Waals surface area contributed by atoms with Gasteiger partial charge in [-0.2, -0.15) is 5.10 Å². The average molecular weight is 396 g/mol. The van der Waals surface area contributed by atoms with E-state index in [1.165, 1.54) is 56.3 Å². The molecule has 29 heavy (non-hydrogen) atoms. The minimum Gasteiger partial charge on any atom is -0.363 e. The summed E-state index contributed by atoms with van der Waals surface area (Å²) in [5.41, 5.74) is 2.69. The fourth-order valence-corrected chi connectivity index (χ4v) is 4.89. The van der Waals surface area contributed by atoms with E-state index in [1.54, 1.807) is 6.33 Å². The summed E-state index contributed by atoms with van der Waals surface area (Å²) >= 11 is 0. The third-order valence-corrected chi connectivity index (χ3v) is 6.60. The number of hydrogen-bond donors (Lipinski definition) is 0. The predicted molar refractivity (Wildman–Crippen MR) is 115 cm³/mol. The number of fused-ring (bicyclic) bond motifs is 1. The number of aryl methyl sites for hydroxylation is 2. The molecule has 0 unspecified atom stereocenters. The van der Waals surface area contributed by atoms with Crippen molar-refractivity contribution in [3.05, 3.63) is 29.8 Å². The molecule has 0 amide bonds. The molecule has 4 heterocycles. The van der Waals surface area contributed by atoms with E-state index in [1.807, 2.05) is 14.1 Å². The Hall–Kier alpha value is -2.15. The zero-order valence-electron chi connectivity index (χ0n) is 17.8. The van der Waals surface area contributed by atoms with E-state index in [2.05, 4.69) is 41.5 Å². The predicted octanol–water partition coefficient (Wildman–Crippen LogP) is 2.71. The quantitative estimate of drug-likeness (QED) is 0.750. The second-order valence-corrected chi connectivity index (χ2v) is 9.08. The van der Waals surface area contributed by atoms with E-state index in [9.17, 15) is 0 Å². The van der Waals surface area contributed by atoms with Crippen molar-refractivity contribution in [2.75, 3.05) is 37.0 Å². The van der Waals surface area contributed by atoms with Crippen LogP contribution in [0.5, 0.6) is 0 Å². The van der Waals surface area contributed by atoms with Crippen LogP contribution in [0.2, 0.25) is 0 Å². The SMILES string of the molecule is CN(C)c1cc(N(C2CC2)C2CCN(Cc3cc4n(n3)CCCC4)CC2)ncn1. The van der Waals surface area contributed by atoms with Crippen molar-refractivity contribution in [2.45, 2.75) is 70.1 Å². The van der Waals surface area contributed by atoms with Crippen LogP contribution < -0.4 is 9.80 Å². The van der Waals surface area contributed by atoms with Crippen LogP contribution in [-0.2, 0) is 19.5 Å². The zero-order chi connectivity index (χ0) is 19.8. The molecule has 2 aromatic rings. The lowest BCUT2D eigenvalue weighted by atomic mass is 10.0. The summed E-state index contributed by atoms with van der Waals surface area (Å²) < 4.78 is 2.23. The van der Waals surface area contributed by atoms with E-state index < -0.39 is 0 Å². The van der Waals surface area contributed by atoms with Crippen LogP contribution >= 0.6 is 0 Å². The third kappa shape index (κ3) is 4.10. The van der Waals surface area contributed by atoms with Crippen molar-refractivity contribution in [2.24, 2.45) is 0 Å². The molecule has 7 nitrogen and oxygen atoms in total. The Balaban J connectivity index is 1.23. The molecule has 156 valence electrons. The molecule has 2 aliphatic heterocycles. The van der Waals surface area contributed by atoms with Crippen molar-refractivity contribution in [3.8, 4) is 0 Å². The Bertz CT molecular complexity index is 810. The van der Waals surface area contributed by atoms with Crippen LogP contribution in [0, 0.1) is 0 Å². The van der Waals surface area contributed by atoms with Crippen molar-refractivity contribution in [3.63, 3.8) is 0 Å². The van der Waals surface area contributed by atoms with Gasteiger partial charge in [0.05, 0.1) is 5.69 Å². The average Bonchev–Trinajstić information content (AvgIpc) is 3.48. The van der Waals surface area contributed by atoms with E-state index in [0.29, 0.717) is 12.1 Å². The van der Waals surface area contributed by atoms with Gasteiger partial charge in [-0.3, -0.25) is 9.58 Å². The Morgan fingerprint density at radius 1 is 0.931 bits per heavy atom. The van der Waals surface area contributed by atoms with Gasteiger partial charge in [-0.05, 0) is 51.0 Å². The summed E-state index contributed by atoms with van der Waals surface area (Å²) in [6, 6.07) is 5.74. The minimum absolute atomic E-state index is 0.582. The largest absolute Gasteiger partial charge is 0.363 e. The maximum atomic E-state index is 4.85. The smallest absolute Gasteiger partial charge is 0.134 e. The zero-order valence-corrected chi connectivity index (χ0v) is 17.8. The van der Waals surface area contributed by atoms with Gasteiger partial charge in [0.25, 0.3) is 0 Å². The molecule has 2 fully saturated rings. The number of hydrogen-bond acceptors (Lipinski definition) is 6. The van der Waals surface area contributed by atoms with Crippen molar-refractivity contribution >= 4 is 11.6 Å². The molecule has 0 atom stereocenters. The lowest BCUT2D eigenvalue weighted by Crippen LogP contribution is -2.46. The second-order valence-electron chi connectivity index (χ2n) is 9.08. The van der Waals surface area contributed by atoms with Gasteiger partial charge in [0.2, 0.25) is 0 Å².